The molecule has 0 radical (unpaired) electrons. The van der Waals surface area contributed by atoms with E-state index in [1.807, 2.05) is 24.3 Å². The summed E-state index contributed by atoms with van der Waals surface area (Å²) in [6.45, 7) is 2.20. The van der Waals surface area contributed by atoms with Crippen LogP contribution < -0.4 is 4.74 Å². The lowest BCUT2D eigenvalue weighted by Crippen LogP contribution is -2.32. The van der Waals surface area contributed by atoms with Gasteiger partial charge in [0.25, 0.3) is 0 Å². The molecule has 0 bridgehead atoms. The lowest BCUT2D eigenvalue weighted by atomic mass is 9.91. The van der Waals surface area contributed by atoms with Crippen LogP contribution in [0.3, 0.4) is 0 Å². The molecule has 3 rings (SSSR count). The first-order valence-electron chi connectivity index (χ1n) is 6.75. The molecule has 0 amide bonds. The fourth-order valence-electron chi connectivity index (χ4n) is 2.35. The zero-order valence-electron chi connectivity index (χ0n) is 11.0. The summed E-state index contributed by atoms with van der Waals surface area (Å²) < 4.78 is 15.3. The lowest BCUT2D eigenvalue weighted by Gasteiger charge is -2.25. The van der Waals surface area contributed by atoms with Gasteiger partial charge in [-0.25, -0.2) is 0 Å². The fraction of sp³-hybridized carbons (Fsp3) is 0.467. The second-order valence-electron chi connectivity index (χ2n) is 5.23. The summed E-state index contributed by atoms with van der Waals surface area (Å²) in [5, 5.41) is 0. The van der Waals surface area contributed by atoms with Gasteiger partial charge in [0.05, 0.1) is 32.7 Å². The smallest absolute Gasteiger partial charge is 0.314 e. The van der Waals surface area contributed by atoms with E-state index in [2.05, 4.69) is 4.74 Å². The van der Waals surface area contributed by atoms with Crippen LogP contribution in [0.4, 0.5) is 0 Å². The van der Waals surface area contributed by atoms with E-state index in [9.17, 15) is 9.59 Å². The van der Waals surface area contributed by atoms with Gasteiger partial charge in [0.15, 0.2) is 0 Å². The first kappa shape index (κ1) is 13.1. The van der Waals surface area contributed by atoms with Gasteiger partial charge in [0, 0.05) is 11.8 Å². The first-order valence-corrected chi connectivity index (χ1v) is 6.75. The monoisotopic (exact) mass is 276 g/mol. The van der Waals surface area contributed by atoms with Gasteiger partial charge in [-0.05, 0) is 17.7 Å². The highest BCUT2D eigenvalue weighted by Crippen LogP contribution is 2.29. The van der Waals surface area contributed by atoms with Crippen LogP contribution in [-0.4, -0.2) is 31.8 Å². The van der Waals surface area contributed by atoms with Gasteiger partial charge in [-0.15, -0.1) is 0 Å². The zero-order chi connectivity index (χ0) is 13.9. The van der Waals surface area contributed by atoms with Crippen LogP contribution in [-0.2, 0) is 19.1 Å². The molecule has 1 aromatic carbocycles. The predicted octanol–water partition coefficient (Wildman–Crippen LogP) is 1.66. The predicted molar refractivity (Wildman–Crippen MR) is 69.3 cm³/mol. The van der Waals surface area contributed by atoms with E-state index < -0.39 is 11.9 Å². The Morgan fingerprint density at radius 2 is 1.70 bits per heavy atom. The molecule has 2 aliphatic rings. The van der Waals surface area contributed by atoms with Crippen molar-refractivity contribution in [3.05, 3.63) is 29.8 Å². The highest BCUT2D eigenvalue weighted by atomic mass is 16.6. The number of rotatable bonds is 4. The largest absolute Gasteiger partial charge is 0.493 e. The van der Waals surface area contributed by atoms with E-state index in [4.69, 9.17) is 9.47 Å². The maximum atomic E-state index is 11.3. The second-order valence-corrected chi connectivity index (χ2v) is 5.23. The Labute approximate surface area is 116 Å². The summed E-state index contributed by atoms with van der Waals surface area (Å²) in [6.07, 6.45) is 0.511. The zero-order valence-corrected chi connectivity index (χ0v) is 11.0. The summed E-state index contributed by atoms with van der Waals surface area (Å²) in [4.78, 5) is 22.5. The maximum absolute atomic E-state index is 11.3. The van der Waals surface area contributed by atoms with Gasteiger partial charge < -0.3 is 14.2 Å². The standard InChI is InChI=1S/C15H16O5/c16-14-5-12(6-15(17)20-14)11-1-3-13(4-2-11)19-9-10-7-18-8-10/h1-4,10,12H,5-9H2. The Morgan fingerprint density at radius 3 is 2.25 bits per heavy atom. The molecule has 20 heavy (non-hydrogen) atoms. The van der Waals surface area contributed by atoms with Crippen molar-refractivity contribution in [3.63, 3.8) is 0 Å². The van der Waals surface area contributed by atoms with Gasteiger partial charge in [-0.2, -0.15) is 0 Å². The van der Waals surface area contributed by atoms with Gasteiger partial charge >= 0.3 is 11.9 Å². The van der Waals surface area contributed by atoms with Crippen molar-refractivity contribution in [3.8, 4) is 5.75 Å². The molecule has 0 atom stereocenters. The third-order valence-electron chi connectivity index (χ3n) is 3.60. The molecule has 106 valence electrons. The molecule has 0 saturated carbocycles. The SMILES string of the molecule is O=C1CC(c2ccc(OCC3COC3)cc2)CC(=O)O1. The Balaban J connectivity index is 1.60. The van der Waals surface area contributed by atoms with Gasteiger partial charge in [0.2, 0.25) is 0 Å². The van der Waals surface area contributed by atoms with Crippen molar-refractivity contribution in [2.75, 3.05) is 19.8 Å². The third-order valence-corrected chi connectivity index (χ3v) is 3.60. The molecular weight excluding hydrogens is 260 g/mol. The van der Waals surface area contributed by atoms with Crippen LogP contribution in [0, 0.1) is 5.92 Å². The van der Waals surface area contributed by atoms with Crippen molar-refractivity contribution in [1.29, 1.82) is 0 Å². The van der Waals surface area contributed by atoms with Crippen LogP contribution in [0.25, 0.3) is 0 Å². The average Bonchev–Trinajstić information content (AvgIpc) is 2.36. The summed E-state index contributed by atoms with van der Waals surface area (Å²) in [5.74, 6) is 0.303. The molecule has 2 saturated heterocycles. The summed E-state index contributed by atoms with van der Waals surface area (Å²) in [7, 11) is 0. The van der Waals surface area contributed by atoms with Crippen LogP contribution in [0.5, 0.6) is 5.75 Å². The van der Waals surface area contributed by atoms with Gasteiger partial charge in [-0.3, -0.25) is 9.59 Å². The normalized spacial score (nSPS) is 20.4. The Bertz CT molecular complexity index is 488. The molecule has 2 heterocycles. The highest BCUT2D eigenvalue weighted by molar-refractivity contribution is 5.89. The number of cyclic esters (lactones) is 2. The molecule has 0 unspecified atom stereocenters. The van der Waals surface area contributed by atoms with Crippen molar-refractivity contribution in [2.24, 2.45) is 5.92 Å². The Kier molecular flexibility index (Phi) is 3.69. The number of benzene rings is 1. The molecular formula is C15H16O5. The molecule has 5 heteroatoms. The van der Waals surface area contributed by atoms with Crippen molar-refractivity contribution < 1.29 is 23.8 Å². The topological polar surface area (TPSA) is 61.8 Å². The summed E-state index contributed by atoms with van der Waals surface area (Å²) >= 11 is 0. The summed E-state index contributed by atoms with van der Waals surface area (Å²) in [5.41, 5.74) is 0.967. The molecule has 0 aliphatic carbocycles. The highest BCUT2D eigenvalue weighted by Gasteiger charge is 2.28. The molecule has 5 nitrogen and oxygen atoms in total. The fourth-order valence-corrected chi connectivity index (χ4v) is 2.35. The minimum absolute atomic E-state index is 0.0853. The van der Waals surface area contributed by atoms with Crippen molar-refractivity contribution in [1.82, 2.24) is 0 Å². The van der Waals surface area contributed by atoms with Crippen molar-refractivity contribution >= 4 is 11.9 Å². The molecule has 1 aromatic rings. The van der Waals surface area contributed by atoms with E-state index in [-0.39, 0.29) is 18.8 Å². The van der Waals surface area contributed by atoms with Crippen LogP contribution in [0.2, 0.25) is 0 Å². The number of carbonyl (C=O) groups is 2. The molecule has 2 fully saturated rings. The molecule has 2 aliphatic heterocycles. The number of carbonyl (C=O) groups excluding carboxylic acids is 2. The van der Waals surface area contributed by atoms with E-state index in [1.54, 1.807) is 0 Å². The van der Waals surface area contributed by atoms with Crippen LogP contribution in [0.15, 0.2) is 24.3 Å². The van der Waals surface area contributed by atoms with Crippen LogP contribution in [0.1, 0.15) is 24.3 Å². The Morgan fingerprint density at radius 1 is 1.05 bits per heavy atom. The number of hydrogen-bond acceptors (Lipinski definition) is 5. The number of esters is 2. The van der Waals surface area contributed by atoms with E-state index in [0.717, 1.165) is 24.5 Å². The number of hydrogen-bond donors (Lipinski definition) is 0. The summed E-state index contributed by atoms with van der Waals surface area (Å²) in [6, 6.07) is 7.56. The van der Waals surface area contributed by atoms with Crippen LogP contribution >= 0.6 is 0 Å². The molecule has 0 aromatic heterocycles. The maximum Gasteiger partial charge on any atom is 0.314 e. The van der Waals surface area contributed by atoms with Gasteiger partial charge in [0.1, 0.15) is 5.75 Å². The Hall–Kier alpha value is -1.88. The second kappa shape index (κ2) is 5.63. The third kappa shape index (κ3) is 2.99. The minimum Gasteiger partial charge on any atom is -0.493 e. The number of ether oxygens (including phenoxy) is 3. The van der Waals surface area contributed by atoms with Crippen molar-refractivity contribution in [2.45, 2.75) is 18.8 Å². The van der Waals surface area contributed by atoms with E-state index >= 15 is 0 Å². The quantitative estimate of drug-likeness (QED) is 0.618. The lowest BCUT2D eigenvalue weighted by molar-refractivity contribution is -0.163. The molecule has 0 N–H and O–H groups in total. The molecule has 0 spiro atoms. The van der Waals surface area contributed by atoms with Gasteiger partial charge in [-0.1, -0.05) is 12.1 Å². The minimum atomic E-state index is -0.448. The van der Waals surface area contributed by atoms with E-state index in [1.165, 1.54) is 0 Å². The average molecular weight is 276 g/mol. The first-order chi connectivity index (χ1) is 9.70. The van der Waals surface area contributed by atoms with E-state index in [0.29, 0.717) is 12.5 Å².